The lowest BCUT2D eigenvalue weighted by atomic mass is 10.2. The van der Waals surface area contributed by atoms with Gasteiger partial charge in [-0.3, -0.25) is 9.59 Å². The first kappa shape index (κ1) is 19.7. The summed E-state index contributed by atoms with van der Waals surface area (Å²) < 4.78 is 31.8. The third-order valence-corrected chi connectivity index (χ3v) is 5.48. The summed E-state index contributed by atoms with van der Waals surface area (Å²) in [7, 11) is -3.68. The average molecular weight is 401 g/mol. The molecular weight excluding hydrogens is 382 g/mol. The third-order valence-electron chi connectivity index (χ3n) is 4.00. The molecule has 0 saturated heterocycles. The molecule has 2 aromatic carbocycles. The number of hydrogen-bond acceptors (Lipinski definition) is 6. The number of aromatic nitrogens is 2. The van der Waals surface area contributed by atoms with Gasteiger partial charge >= 0.3 is 5.97 Å². The second-order valence-electron chi connectivity index (χ2n) is 6.06. The minimum Gasteiger partial charge on any atom is -0.454 e. The Labute approximate surface area is 161 Å². The van der Waals surface area contributed by atoms with Crippen LogP contribution in [0.3, 0.4) is 0 Å². The maximum Gasteiger partial charge on any atom is 0.307 e. The Morgan fingerprint density at radius 1 is 1.14 bits per heavy atom. The van der Waals surface area contributed by atoms with E-state index in [9.17, 15) is 18.0 Å². The van der Waals surface area contributed by atoms with Gasteiger partial charge in [-0.1, -0.05) is 30.3 Å². The summed E-state index contributed by atoms with van der Waals surface area (Å²) in [6.07, 6.45) is -0.940. The van der Waals surface area contributed by atoms with Gasteiger partial charge in [0.25, 0.3) is 5.56 Å². The van der Waals surface area contributed by atoms with Gasteiger partial charge in [-0.05, 0) is 31.2 Å². The molecule has 0 saturated carbocycles. The molecule has 3 rings (SSSR count). The molecule has 8 nitrogen and oxygen atoms in total. The van der Waals surface area contributed by atoms with Gasteiger partial charge in [-0.15, -0.1) is 0 Å². The number of esters is 1. The van der Waals surface area contributed by atoms with E-state index in [1.54, 1.807) is 49.4 Å². The summed E-state index contributed by atoms with van der Waals surface area (Å²) in [4.78, 5) is 31.1. The van der Waals surface area contributed by atoms with Crippen molar-refractivity contribution in [2.45, 2.75) is 24.3 Å². The molecule has 0 aliphatic heterocycles. The average Bonchev–Trinajstić information content (AvgIpc) is 2.68. The highest BCUT2D eigenvalue weighted by molar-refractivity contribution is 7.89. The maximum atomic E-state index is 12.1. The predicted molar refractivity (Wildman–Crippen MR) is 103 cm³/mol. The third kappa shape index (κ3) is 4.62. The number of aromatic amines is 1. The lowest BCUT2D eigenvalue weighted by Crippen LogP contribution is -2.27. The van der Waals surface area contributed by atoms with Crippen molar-refractivity contribution in [1.29, 1.82) is 0 Å². The Bertz CT molecular complexity index is 1140. The van der Waals surface area contributed by atoms with Crippen LogP contribution in [0.5, 0.6) is 0 Å². The molecule has 0 amide bonds. The molecule has 0 bridgehead atoms. The van der Waals surface area contributed by atoms with Crippen molar-refractivity contribution in [2.24, 2.45) is 0 Å². The number of nitrogens with zero attached hydrogens (tertiary/aromatic N) is 1. The quantitative estimate of drug-likeness (QED) is 0.584. The second-order valence-corrected chi connectivity index (χ2v) is 7.83. The first-order valence-corrected chi connectivity index (χ1v) is 10.1. The van der Waals surface area contributed by atoms with Crippen LogP contribution in [0.4, 0.5) is 0 Å². The second kappa shape index (κ2) is 8.32. The predicted octanol–water partition coefficient (Wildman–Crippen LogP) is 1.90. The van der Waals surface area contributed by atoms with Crippen molar-refractivity contribution in [3.05, 3.63) is 70.8 Å². The molecule has 3 aromatic rings. The van der Waals surface area contributed by atoms with Crippen LogP contribution < -0.4 is 10.3 Å². The Morgan fingerprint density at radius 2 is 1.82 bits per heavy atom. The smallest absolute Gasteiger partial charge is 0.307 e. The Balaban J connectivity index is 1.58. The lowest BCUT2D eigenvalue weighted by Gasteiger charge is -2.13. The molecule has 1 heterocycles. The highest BCUT2D eigenvalue weighted by Crippen LogP contribution is 2.15. The van der Waals surface area contributed by atoms with Crippen LogP contribution in [0.1, 0.15) is 25.3 Å². The Hall–Kier alpha value is -3.04. The monoisotopic (exact) mass is 401 g/mol. The number of ether oxygens (including phenoxy) is 1. The molecule has 0 fully saturated rings. The van der Waals surface area contributed by atoms with Crippen LogP contribution in [0, 0.1) is 0 Å². The van der Waals surface area contributed by atoms with Crippen LogP contribution in [-0.2, 0) is 19.6 Å². The molecule has 0 radical (unpaired) electrons. The Morgan fingerprint density at radius 3 is 2.57 bits per heavy atom. The number of fused-ring (bicyclic) bond motifs is 1. The van der Waals surface area contributed by atoms with E-state index in [0.29, 0.717) is 10.9 Å². The SMILES string of the molecule is C[C@@H](OC(=O)CCNS(=O)(=O)c1ccccc1)c1nc2ccccc2c(=O)[nH]1. The number of H-pyrrole nitrogens is 1. The summed E-state index contributed by atoms with van der Waals surface area (Å²) in [6, 6.07) is 14.7. The van der Waals surface area contributed by atoms with Crippen LogP contribution in [-0.4, -0.2) is 30.9 Å². The minimum absolute atomic E-state index is 0.107. The van der Waals surface area contributed by atoms with Gasteiger partial charge in [-0.25, -0.2) is 18.1 Å². The zero-order valence-electron chi connectivity index (χ0n) is 15.1. The number of carbonyl (C=O) groups is 1. The van der Waals surface area contributed by atoms with Crippen LogP contribution in [0.15, 0.2) is 64.3 Å². The molecule has 0 aliphatic carbocycles. The molecule has 28 heavy (non-hydrogen) atoms. The Kier molecular flexibility index (Phi) is 5.86. The van der Waals surface area contributed by atoms with Crippen molar-refractivity contribution < 1.29 is 17.9 Å². The highest BCUT2D eigenvalue weighted by Gasteiger charge is 2.17. The number of hydrogen-bond donors (Lipinski definition) is 2. The van der Waals surface area contributed by atoms with Crippen LogP contribution >= 0.6 is 0 Å². The summed E-state index contributed by atoms with van der Waals surface area (Å²) in [5.41, 5.74) is 0.180. The summed E-state index contributed by atoms with van der Waals surface area (Å²) >= 11 is 0. The van der Waals surface area contributed by atoms with E-state index in [-0.39, 0.29) is 29.2 Å². The van der Waals surface area contributed by atoms with Crippen molar-refractivity contribution in [1.82, 2.24) is 14.7 Å². The van der Waals surface area contributed by atoms with E-state index < -0.39 is 22.1 Å². The molecule has 2 N–H and O–H groups in total. The summed E-state index contributed by atoms with van der Waals surface area (Å²) in [5.74, 6) is -0.388. The topological polar surface area (TPSA) is 118 Å². The number of nitrogens with one attached hydrogen (secondary N) is 2. The first-order chi connectivity index (χ1) is 13.4. The minimum atomic E-state index is -3.68. The fourth-order valence-corrected chi connectivity index (χ4v) is 3.63. The normalized spacial score (nSPS) is 12.6. The van der Waals surface area contributed by atoms with Crippen molar-refractivity contribution in [3.8, 4) is 0 Å². The summed E-state index contributed by atoms with van der Waals surface area (Å²) in [6.45, 7) is 1.48. The van der Waals surface area contributed by atoms with E-state index in [1.807, 2.05) is 0 Å². The van der Waals surface area contributed by atoms with Gasteiger partial charge in [0, 0.05) is 6.54 Å². The van der Waals surface area contributed by atoms with Crippen molar-refractivity contribution in [2.75, 3.05) is 6.54 Å². The lowest BCUT2D eigenvalue weighted by molar-refractivity contribution is -0.148. The molecule has 9 heteroatoms. The standard InChI is InChI=1S/C19H19N3O5S/c1-13(18-21-16-10-6-5-9-15(16)19(24)22-18)27-17(23)11-12-20-28(25,26)14-7-3-2-4-8-14/h2-10,13,20H,11-12H2,1H3,(H,21,22,24)/t13-/m1/s1. The van der Waals surface area contributed by atoms with E-state index in [2.05, 4.69) is 14.7 Å². The fourth-order valence-electron chi connectivity index (χ4n) is 2.58. The van der Waals surface area contributed by atoms with Gasteiger partial charge in [0.15, 0.2) is 11.9 Å². The fraction of sp³-hybridized carbons (Fsp3) is 0.211. The number of benzene rings is 2. The van der Waals surface area contributed by atoms with Crippen molar-refractivity contribution in [3.63, 3.8) is 0 Å². The van der Waals surface area contributed by atoms with Gasteiger partial charge in [0.1, 0.15) is 0 Å². The molecule has 146 valence electrons. The van der Waals surface area contributed by atoms with E-state index in [1.165, 1.54) is 12.1 Å². The van der Waals surface area contributed by atoms with Crippen LogP contribution in [0.2, 0.25) is 0 Å². The molecule has 1 atom stereocenters. The number of sulfonamides is 1. The number of rotatable bonds is 7. The zero-order valence-corrected chi connectivity index (χ0v) is 15.9. The van der Waals surface area contributed by atoms with Gasteiger partial charge < -0.3 is 9.72 Å². The number of para-hydroxylation sites is 1. The van der Waals surface area contributed by atoms with E-state index >= 15 is 0 Å². The highest BCUT2D eigenvalue weighted by atomic mass is 32.2. The van der Waals surface area contributed by atoms with Gasteiger partial charge in [0.2, 0.25) is 10.0 Å². The summed E-state index contributed by atoms with van der Waals surface area (Å²) in [5, 5.41) is 0.445. The van der Waals surface area contributed by atoms with Gasteiger partial charge in [-0.2, -0.15) is 0 Å². The molecule has 0 aliphatic rings. The zero-order chi connectivity index (χ0) is 20.1. The largest absolute Gasteiger partial charge is 0.454 e. The molecule has 1 aromatic heterocycles. The van der Waals surface area contributed by atoms with Crippen LogP contribution in [0.25, 0.3) is 10.9 Å². The first-order valence-electron chi connectivity index (χ1n) is 8.60. The van der Waals surface area contributed by atoms with Gasteiger partial charge in [0.05, 0.1) is 22.2 Å². The van der Waals surface area contributed by atoms with E-state index in [4.69, 9.17) is 4.74 Å². The molecule has 0 unspecified atom stereocenters. The maximum absolute atomic E-state index is 12.1. The number of carbonyl (C=O) groups excluding carboxylic acids is 1. The van der Waals surface area contributed by atoms with Crippen molar-refractivity contribution >= 4 is 26.9 Å². The molecule has 0 spiro atoms. The van der Waals surface area contributed by atoms with E-state index in [0.717, 1.165) is 0 Å². The molecular formula is C19H19N3O5S.